The summed E-state index contributed by atoms with van der Waals surface area (Å²) >= 11 is 0. The average molecular weight is 206 g/mol. The zero-order valence-corrected chi connectivity index (χ0v) is 8.37. The minimum absolute atomic E-state index is 0.0150. The van der Waals surface area contributed by atoms with Crippen LogP contribution in [0.25, 0.3) is 0 Å². The predicted octanol–water partition coefficient (Wildman–Crippen LogP) is -1.52. The van der Waals surface area contributed by atoms with Crippen molar-refractivity contribution >= 4 is 0 Å². The van der Waals surface area contributed by atoms with Gasteiger partial charge in [-0.25, -0.2) is 0 Å². The van der Waals surface area contributed by atoms with Crippen LogP contribution in [0.15, 0.2) is 0 Å². The first-order valence-electron chi connectivity index (χ1n) is 4.79. The minimum atomic E-state index is -1.26. The van der Waals surface area contributed by atoms with Gasteiger partial charge in [-0.2, -0.15) is 0 Å². The average Bonchev–Trinajstić information content (AvgIpc) is 2.14. The lowest BCUT2D eigenvalue weighted by Gasteiger charge is -2.41. The van der Waals surface area contributed by atoms with Gasteiger partial charge in [-0.1, -0.05) is 13.8 Å². The van der Waals surface area contributed by atoms with Crippen molar-refractivity contribution in [3.05, 3.63) is 0 Å². The zero-order chi connectivity index (χ0) is 10.9. The van der Waals surface area contributed by atoms with Crippen molar-refractivity contribution in [3.8, 4) is 0 Å². The number of hydrogen-bond acceptors (Lipinski definition) is 5. The van der Waals surface area contributed by atoms with Crippen LogP contribution in [0.1, 0.15) is 13.8 Å². The van der Waals surface area contributed by atoms with Crippen LogP contribution in [0.3, 0.4) is 0 Å². The standard InChI is InChI=1S/C9H18O5/c1-4(2)9-8(13)7(12)6(11)5(3-10)14-9/h4-13H,3H2,1-2H3/t5?,6-,7-,8?,9+/m0/s1. The third-order valence-electron chi connectivity index (χ3n) is 2.59. The summed E-state index contributed by atoms with van der Waals surface area (Å²) in [4.78, 5) is 0. The van der Waals surface area contributed by atoms with Crippen LogP contribution in [0, 0.1) is 5.92 Å². The molecule has 1 saturated heterocycles. The Morgan fingerprint density at radius 2 is 1.64 bits per heavy atom. The Morgan fingerprint density at radius 3 is 2.07 bits per heavy atom. The van der Waals surface area contributed by atoms with Gasteiger partial charge in [-0.15, -0.1) is 0 Å². The Labute approximate surface area is 82.9 Å². The van der Waals surface area contributed by atoms with Crippen molar-refractivity contribution in [1.82, 2.24) is 0 Å². The number of aliphatic hydroxyl groups excluding tert-OH is 4. The van der Waals surface area contributed by atoms with Gasteiger partial charge >= 0.3 is 0 Å². The Bertz CT molecular complexity index is 182. The lowest BCUT2D eigenvalue weighted by atomic mass is 9.90. The fourth-order valence-corrected chi connectivity index (χ4v) is 1.68. The van der Waals surface area contributed by atoms with E-state index in [0.717, 1.165) is 0 Å². The lowest BCUT2D eigenvalue weighted by molar-refractivity contribution is -0.238. The highest BCUT2D eigenvalue weighted by Gasteiger charge is 2.44. The van der Waals surface area contributed by atoms with Gasteiger partial charge in [0.05, 0.1) is 12.7 Å². The monoisotopic (exact) mass is 206 g/mol. The highest BCUT2D eigenvalue weighted by molar-refractivity contribution is 4.92. The van der Waals surface area contributed by atoms with Crippen LogP contribution < -0.4 is 0 Å². The fraction of sp³-hybridized carbons (Fsp3) is 1.00. The first kappa shape index (κ1) is 11.9. The second-order valence-electron chi connectivity index (χ2n) is 4.04. The summed E-state index contributed by atoms with van der Waals surface area (Å²) in [6.45, 7) is 3.31. The molecule has 0 aromatic heterocycles. The Morgan fingerprint density at radius 1 is 1.07 bits per heavy atom. The minimum Gasteiger partial charge on any atom is -0.394 e. The molecular formula is C9H18O5. The maximum Gasteiger partial charge on any atom is 0.111 e. The molecule has 0 bridgehead atoms. The van der Waals surface area contributed by atoms with E-state index in [1.807, 2.05) is 13.8 Å². The van der Waals surface area contributed by atoms with Gasteiger partial charge in [-0.3, -0.25) is 0 Å². The summed E-state index contributed by atoms with van der Waals surface area (Å²) in [5, 5.41) is 37.4. The highest BCUT2D eigenvalue weighted by atomic mass is 16.5. The van der Waals surface area contributed by atoms with Crippen molar-refractivity contribution in [3.63, 3.8) is 0 Å². The van der Waals surface area contributed by atoms with Crippen LogP contribution in [-0.4, -0.2) is 57.6 Å². The first-order chi connectivity index (χ1) is 6.49. The molecule has 14 heavy (non-hydrogen) atoms. The van der Waals surface area contributed by atoms with E-state index in [-0.39, 0.29) is 12.5 Å². The van der Waals surface area contributed by atoms with Crippen molar-refractivity contribution in [1.29, 1.82) is 0 Å². The molecule has 1 fully saturated rings. The maximum absolute atomic E-state index is 9.57. The van der Waals surface area contributed by atoms with Gasteiger partial charge in [0.1, 0.15) is 24.4 Å². The van der Waals surface area contributed by atoms with Gasteiger partial charge in [0, 0.05) is 0 Å². The second kappa shape index (κ2) is 4.55. The van der Waals surface area contributed by atoms with Gasteiger partial charge in [0.15, 0.2) is 0 Å². The quantitative estimate of drug-likeness (QED) is 0.441. The van der Waals surface area contributed by atoms with E-state index in [9.17, 15) is 15.3 Å². The maximum atomic E-state index is 9.57. The molecule has 0 radical (unpaired) electrons. The predicted molar refractivity (Wildman–Crippen MR) is 48.6 cm³/mol. The molecule has 0 aromatic carbocycles. The second-order valence-corrected chi connectivity index (χ2v) is 4.04. The molecule has 0 amide bonds. The number of aliphatic hydroxyl groups is 4. The molecule has 1 heterocycles. The Kier molecular flexibility index (Phi) is 3.86. The van der Waals surface area contributed by atoms with Crippen LogP contribution in [0.5, 0.6) is 0 Å². The SMILES string of the molecule is CC(C)[C@H]1OC(CO)[C@H](O)[C@H](O)C1O. The molecule has 0 aromatic rings. The summed E-state index contributed by atoms with van der Waals surface area (Å²) in [7, 11) is 0. The molecule has 0 spiro atoms. The highest BCUT2D eigenvalue weighted by Crippen LogP contribution is 2.25. The van der Waals surface area contributed by atoms with Crippen LogP contribution >= 0.6 is 0 Å². The van der Waals surface area contributed by atoms with E-state index < -0.39 is 30.5 Å². The van der Waals surface area contributed by atoms with Gasteiger partial charge in [0.2, 0.25) is 0 Å². The van der Waals surface area contributed by atoms with E-state index in [0.29, 0.717) is 0 Å². The lowest BCUT2D eigenvalue weighted by Crippen LogP contribution is -2.59. The Balaban J connectivity index is 2.73. The summed E-state index contributed by atoms with van der Waals surface area (Å²) < 4.78 is 5.28. The molecule has 5 atom stereocenters. The van der Waals surface area contributed by atoms with Gasteiger partial charge in [-0.05, 0) is 5.92 Å². The molecule has 5 heteroatoms. The van der Waals surface area contributed by atoms with Crippen LogP contribution in [0.2, 0.25) is 0 Å². The Hall–Kier alpha value is -0.200. The normalized spacial score (nSPS) is 44.4. The van der Waals surface area contributed by atoms with Crippen LogP contribution in [0.4, 0.5) is 0 Å². The molecule has 1 rings (SSSR count). The number of hydrogen-bond donors (Lipinski definition) is 4. The number of ether oxygens (including phenoxy) is 1. The molecule has 0 aliphatic carbocycles. The third kappa shape index (κ3) is 2.07. The molecular weight excluding hydrogens is 188 g/mol. The van der Waals surface area contributed by atoms with E-state index in [4.69, 9.17) is 9.84 Å². The topological polar surface area (TPSA) is 90.2 Å². The summed E-state index contributed by atoms with van der Waals surface area (Å²) in [5.41, 5.74) is 0. The molecule has 84 valence electrons. The largest absolute Gasteiger partial charge is 0.394 e. The van der Waals surface area contributed by atoms with E-state index >= 15 is 0 Å². The van der Waals surface area contributed by atoms with Crippen molar-refractivity contribution in [2.45, 2.75) is 44.4 Å². The molecule has 4 N–H and O–H groups in total. The van der Waals surface area contributed by atoms with E-state index in [2.05, 4.69) is 0 Å². The van der Waals surface area contributed by atoms with Crippen LogP contribution in [-0.2, 0) is 4.74 Å². The molecule has 2 unspecified atom stereocenters. The zero-order valence-electron chi connectivity index (χ0n) is 8.37. The fourth-order valence-electron chi connectivity index (χ4n) is 1.68. The molecule has 1 aliphatic heterocycles. The third-order valence-corrected chi connectivity index (χ3v) is 2.59. The van der Waals surface area contributed by atoms with E-state index in [1.54, 1.807) is 0 Å². The van der Waals surface area contributed by atoms with Crippen molar-refractivity contribution in [2.75, 3.05) is 6.61 Å². The van der Waals surface area contributed by atoms with Crippen molar-refractivity contribution in [2.24, 2.45) is 5.92 Å². The molecule has 1 aliphatic rings. The number of rotatable bonds is 2. The summed E-state index contributed by atoms with van der Waals surface area (Å²) in [5.74, 6) is 0.0150. The van der Waals surface area contributed by atoms with Gasteiger partial charge in [0.25, 0.3) is 0 Å². The smallest absolute Gasteiger partial charge is 0.111 e. The molecule has 5 nitrogen and oxygen atoms in total. The molecule has 0 saturated carbocycles. The summed E-state index contributed by atoms with van der Waals surface area (Å²) in [6, 6.07) is 0. The van der Waals surface area contributed by atoms with Gasteiger partial charge < -0.3 is 25.2 Å². The first-order valence-corrected chi connectivity index (χ1v) is 4.79. The van der Waals surface area contributed by atoms with E-state index in [1.165, 1.54) is 0 Å². The summed E-state index contributed by atoms with van der Waals surface area (Å²) in [6.07, 6.45) is -4.96. The van der Waals surface area contributed by atoms with Crippen molar-refractivity contribution < 1.29 is 25.2 Å².